The molecule has 1 saturated heterocycles. The van der Waals surface area contributed by atoms with Crippen LogP contribution >= 0.6 is 11.3 Å². The van der Waals surface area contributed by atoms with E-state index in [2.05, 4.69) is 4.90 Å². The Bertz CT molecular complexity index is 1020. The van der Waals surface area contributed by atoms with Crippen LogP contribution in [0.4, 0.5) is 4.39 Å². The van der Waals surface area contributed by atoms with Crippen molar-refractivity contribution in [2.24, 2.45) is 0 Å². The van der Waals surface area contributed by atoms with Crippen molar-refractivity contribution < 1.29 is 4.39 Å². The van der Waals surface area contributed by atoms with Crippen molar-refractivity contribution >= 4 is 21.6 Å². The smallest absolute Gasteiger partial charge is 0.262 e. The third kappa shape index (κ3) is 3.56. The van der Waals surface area contributed by atoms with Gasteiger partial charge in [-0.15, -0.1) is 11.3 Å². The van der Waals surface area contributed by atoms with Crippen LogP contribution in [0, 0.1) is 19.7 Å². The lowest BCUT2D eigenvalue weighted by Gasteiger charge is -2.26. The lowest BCUT2D eigenvalue weighted by Crippen LogP contribution is -2.35. The minimum Gasteiger partial charge on any atom is -0.302 e. The predicted molar refractivity (Wildman–Crippen MR) is 109 cm³/mol. The van der Waals surface area contributed by atoms with Crippen molar-refractivity contribution in [3.8, 4) is 11.1 Å². The first kappa shape index (κ1) is 18.3. The van der Waals surface area contributed by atoms with E-state index in [1.807, 2.05) is 13.8 Å². The molecule has 0 saturated carbocycles. The van der Waals surface area contributed by atoms with Gasteiger partial charge in [-0.25, -0.2) is 9.37 Å². The Balaban J connectivity index is 1.76. The number of piperidine rings is 1. The fourth-order valence-corrected chi connectivity index (χ4v) is 5.03. The van der Waals surface area contributed by atoms with Crippen molar-refractivity contribution in [3.63, 3.8) is 0 Å². The van der Waals surface area contributed by atoms with Crippen molar-refractivity contribution in [3.05, 3.63) is 51.1 Å². The number of hydrogen-bond donors (Lipinski definition) is 0. The predicted octanol–water partition coefficient (Wildman–Crippen LogP) is 4.37. The molecule has 3 heterocycles. The second kappa shape index (κ2) is 7.52. The number of rotatable bonds is 4. The summed E-state index contributed by atoms with van der Waals surface area (Å²) in [7, 11) is 0. The standard InChI is InChI=1S/C21H24FN3OS/c1-14-18(16-6-8-17(22)9-7-16)19-20(27-14)23-15(2)25(21(19)26)13-12-24-10-4-3-5-11-24/h6-9H,3-5,10-13H2,1-2H3. The quantitative estimate of drug-likeness (QED) is 0.669. The van der Waals surface area contributed by atoms with E-state index in [1.54, 1.807) is 16.7 Å². The zero-order chi connectivity index (χ0) is 19.0. The fraction of sp³-hybridized carbons (Fsp3) is 0.429. The van der Waals surface area contributed by atoms with E-state index in [0.29, 0.717) is 11.9 Å². The topological polar surface area (TPSA) is 38.1 Å². The van der Waals surface area contributed by atoms with Crippen LogP contribution in [0.1, 0.15) is 30.0 Å². The van der Waals surface area contributed by atoms with Gasteiger partial charge >= 0.3 is 0 Å². The molecule has 27 heavy (non-hydrogen) atoms. The minimum absolute atomic E-state index is 0.0122. The van der Waals surface area contributed by atoms with Gasteiger partial charge in [-0.1, -0.05) is 18.6 Å². The maximum Gasteiger partial charge on any atom is 0.262 e. The highest BCUT2D eigenvalue weighted by atomic mass is 32.1. The van der Waals surface area contributed by atoms with Gasteiger partial charge in [-0.3, -0.25) is 9.36 Å². The number of aryl methyl sites for hydroxylation is 2. The molecular formula is C21H24FN3OS. The van der Waals surface area contributed by atoms with E-state index in [0.717, 1.165) is 46.3 Å². The maximum absolute atomic E-state index is 13.3. The Morgan fingerprint density at radius 3 is 2.48 bits per heavy atom. The molecular weight excluding hydrogens is 361 g/mol. The molecule has 0 unspecified atom stereocenters. The van der Waals surface area contributed by atoms with Gasteiger partial charge in [-0.05, 0) is 57.5 Å². The van der Waals surface area contributed by atoms with Crippen LogP contribution in [0.2, 0.25) is 0 Å². The van der Waals surface area contributed by atoms with Crippen LogP contribution in [-0.4, -0.2) is 34.1 Å². The molecule has 1 aliphatic heterocycles. The van der Waals surface area contributed by atoms with Crippen LogP contribution in [0.15, 0.2) is 29.1 Å². The first-order valence-corrected chi connectivity index (χ1v) is 10.3. The van der Waals surface area contributed by atoms with E-state index in [1.165, 1.54) is 42.7 Å². The van der Waals surface area contributed by atoms with Crippen LogP contribution in [0.3, 0.4) is 0 Å². The van der Waals surface area contributed by atoms with Gasteiger partial charge in [0.05, 0.1) is 5.39 Å². The summed E-state index contributed by atoms with van der Waals surface area (Å²) in [6.45, 7) is 7.67. The van der Waals surface area contributed by atoms with Gasteiger partial charge in [0.15, 0.2) is 0 Å². The highest BCUT2D eigenvalue weighted by molar-refractivity contribution is 7.19. The second-order valence-electron chi connectivity index (χ2n) is 7.24. The first-order chi connectivity index (χ1) is 13.0. The largest absolute Gasteiger partial charge is 0.302 e. The van der Waals surface area contributed by atoms with Crippen LogP contribution < -0.4 is 5.56 Å². The van der Waals surface area contributed by atoms with Gasteiger partial charge in [0, 0.05) is 23.5 Å². The molecule has 3 aromatic rings. The number of aromatic nitrogens is 2. The zero-order valence-corrected chi connectivity index (χ0v) is 16.6. The average molecular weight is 386 g/mol. The van der Waals surface area contributed by atoms with E-state index in [-0.39, 0.29) is 11.4 Å². The van der Waals surface area contributed by atoms with Crippen LogP contribution in [0.25, 0.3) is 21.3 Å². The molecule has 0 spiro atoms. The van der Waals surface area contributed by atoms with E-state index < -0.39 is 0 Å². The Labute approximate surface area is 162 Å². The van der Waals surface area contributed by atoms with Crippen molar-refractivity contribution in [1.82, 2.24) is 14.5 Å². The molecule has 1 aliphatic rings. The minimum atomic E-state index is -0.274. The molecule has 0 amide bonds. The van der Waals surface area contributed by atoms with Gasteiger partial charge in [0.1, 0.15) is 16.5 Å². The maximum atomic E-state index is 13.3. The molecule has 0 atom stereocenters. The number of halogens is 1. The molecule has 0 N–H and O–H groups in total. The Kier molecular flexibility index (Phi) is 5.10. The average Bonchev–Trinajstić information content (AvgIpc) is 2.99. The van der Waals surface area contributed by atoms with Crippen molar-refractivity contribution in [2.75, 3.05) is 19.6 Å². The third-order valence-electron chi connectivity index (χ3n) is 5.40. The van der Waals surface area contributed by atoms with Crippen molar-refractivity contribution in [2.45, 2.75) is 39.7 Å². The normalized spacial score (nSPS) is 15.5. The molecule has 4 nitrogen and oxygen atoms in total. The van der Waals surface area contributed by atoms with E-state index >= 15 is 0 Å². The first-order valence-electron chi connectivity index (χ1n) is 9.53. The summed E-state index contributed by atoms with van der Waals surface area (Å²) in [6.07, 6.45) is 3.78. The highest BCUT2D eigenvalue weighted by Crippen LogP contribution is 2.35. The summed E-state index contributed by atoms with van der Waals surface area (Å²) in [6, 6.07) is 6.35. The Hall–Kier alpha value is -2.05. The van der Waals surface area contributed by atoms with Gasteiger partial charge in [0.2, 0.25) is 0 Å². The number of benzene rings is 1. The van der Waals surface area contributed by atoms with Gasteiger partial charge < -0.3 is 4.90 Å². The Morgan fingerprint density at radius 2 is 1.78 bits per heavy atom. The SMILES string of the molecule is Cc1sc2nc(C)n(CCN3CCCCC3)c(=O)c2c1-c1ccc(F)cc1. The number of nitrogens with zero attached hydrogens (tertiary/aromatic N) is 3. The molecule has 6 heteroatoms. The number of thiophene rings is 1. The lowest BCUT2D eigenvalue weighted by atomic mass is 10.0. The highest BCUT2D eigenvalue weighted by Gasteiger charge is 2.19. The van der Waals surface area contributed by atoms with Gasteiger partial charge in [-0.2, -0.15) is 0 Å². The van der Waals surface area contributed by atoms with Crippen LogP contribution in [0.5, 0.6) is 0 Å². The zero-order valence-electron chi connectivity index (χ0n) is 15.8. The summed E-state index contributed by atoms with van der Waals surface area (Å²) in [5.41, 5.74) is 1.77. The fourth-order valence-electron chi connectivity index (χ4n) is 3.95. The van der Waals surface area contributed by atoms with Crippen LogP contribution in [-0.2, 0) is 6.54 Å². The van der Waals surface area contributed by atoms with E-state index in [9.17, 15) is 9.18 Å². The monoisotopic (exact) mass is 385 g/mol. The van der Waals surface area contributed by atoms with Gasteiger partial charge in [0.25, 0.3) is 5.56 Å². The summed E-state index contributed by atoms with van der Waals surface area (Å²) >= 11 is 1.53. The summed E-state index contributed by atoms with van der Waals surface area (Å²) in [4.78, 5) is 22.3. The number of fused-ring (bicyclic) bond motifs is 1. The summed E-state index contributed by atoms with van der Waals surface area (Å²) in [5, 5.41) is 0.661. The molecule has 2 aromatic heterocycles. The molecule has 1 fully saturated rings. The second-order valence-corrected chi connectivity index (χ2v) is 8.44. The molecule has 4 rings (SSSR count). The summed E-state index contributed by atoms with van der Waals surface area (Å²) in [5.74, 6) is 0.486. The summed E-state index contributed by atoms with van der Waals surface area (Å²) < 4.78 is 15.1. The molecule has 0 aliphatic carbocycles. The molecule has 0 radical (unpaired) electrons. The van der Waals surface area contributed by atoms with E-state index in [4.69, 9.17) is 4.98 Å². The Morgan fingerprint density at radius 1 is 1.07 bits per heavy atom. The molecule has 0 bridgehead atoms. The molecule has 1 aromatic carbocycles. The third-order valence-corrected chi connectivity index (χ3v) is 6.40. The lowest BCUT2D eigenvalue weighted by molar-refractivity contribution is 0.219. The molecule has 142 valence electrons. The number of likely N-dealkylation sites (tertiary alicyclic amines) is 1. The number of hydrogen-bond acceptors (Lipinski definition) is 4. The van der Waals surface area contributed by atoms with Crippen molar-refractivity contribution in [1.29, 1.82) is 0 Å².